The summed E-state index contributed by atoms with van der Waals surface area (Å²) in [6.07, 6.45) is 1.64. The number of esters is 1. The Hall–Kier alpha value is -5.93. The first-order valence-electron chi connectivity index (χ1n) is 15.6. The van der Waals surface area contributed by atoms with Gasteiger partial charge in [0.1, 0.15) is 10.9 Å². The van der Waals surface area contributed by atoms with Gasteiger partial charge in [-0.25, -0.2) is 4.79 Å². The first-order chi connectivity index (χ1) is 23.8. The van der Waals surface area contributed by atoms with Gasteiger partial charge in [0.15, 0.2) is 0 Å². The van der Waals surface area contributed by atoms with Crippen LogP contribution in [0, 0.1) is 6.92 Å². The highest BCUT2D eigenvalue weighted by atomic mass is 32.2. The molecule has 5 aromatic carbocycles. The second kappa shape index (κ2) is 16.8. The molecule has 3 N–H and O–H groups in total. The first kappa shape index (κ1) is 34.4. The zero-order chi connectivity index (χ0) is 34.6. The quantitative estimate of drug-likeness (QED) is 0.0704. The number of nitrogens with one attached hydrogen (secondary N) is 3. The highest BCUT2D eigenvalue weighted by molar-refractivity contribution is 8.00. The van der Waals surface area contributed by atoms with Gasteiger partial charge in [0.05, 0.1) is 12.2 Å². The van der Waals surface area contributed by atoms with Gasteiger partial charge in [-0.15, -0.1) is 11.8 Å². The SMILES string of the molecule is CCOC(=O)c1ccc(NC(=O)C(Sc2ccc(NC(=O)/C(=C/c3cccc(C)c3)NC(=O)c3ccccc3)cc2)c2ccccc2)cc1. The molecule has 5 rings (SSSR count). The number of thioether (sulfide) groups is 1. The van der Waals surface area contributed by atoms with E-state index in [9.17, 15) is 19.2 Å². The van der Waals surface area contributed by atoms with Crippen LogP contribution in [-0.2, 0) is 14.3 Å². The molecule has 49 heavy (non-hydrogen) atoms. The Morgan fingerprint density at radius 3 is 2.00 bits per heavy atom. The average molecular weight is 670 g/mol. The van der Waals surface area contributed by atoms with Crippen LogP contribution in [0.25, 0.3) is 6.08 Å². The maximum absolute atomic E-state index is 13.6. The van der Waals surface area contributed by atoms with Crippen molar-refractivity contribution in [1.29, 1.82) is 0 Å². The molecule has 0 saturated carbocycles. The van der Waals surface area contributed by atoms with Crippen molar-refractivity contribution in [2.24, 2.45) is 0 Å². The van der Waals surface area contributed by atoms with Crippen molar-refractivity contribution >= 4 is 52.9 Å². The number of hydrogen-bond donors (Lipinski definition) is 3. The molecule has 246 valence electrons. The summed E-state index contributed by atoms with van der Waals surface area (Å²) in [7, 11) is 0. The Morgan fingerprint density at radius 2 is 1.35 bits per heavy atom. The molecule has 0 aliphatic carbocycles. The van der Waals surface area contributed by atoms with Crippen molar-refractivity contribution in [3.8, 4) is 0 Å². The topological polar surface area (TPSA) is 114 Å². The molecular weight excluding hydrogens is 635 g/mol. The van der Waals surface area contributed by atoms with Gasteiger partial charge >= 0.3 is 5.97 Å². The summed E-state index contributed by atoms with van der Waals surface area (Å²) in [6, 6.07) is 39.4. The van der Waals surface area contributed by atoms with Gasteiger partial charge in [0.25, 0.3) is 11.8 Å². The van der Waals surface area contributed by atoms with Crippen molar-refractivity contribution in [3.05, 3.63) is 167 Å². The standard InChI is InChI=1S/C40H35N3O5S/c1-3-48-40(47)31-17-19-32(20-18-31)42-39(46)36(29-13-6-4-7-14-29)49-34-23-21-33(22-24-34)41-38(45)35(26-28-12-10-11-27(2)25-28)43-37(44)30-15-8-5-9-16-30/h4-26,36H,3H2,1-2H3,(H,41,45)(H,42,46)(H,43,44)/b35-26-. The molecule has 0 aliphatic rings. The minimum absolute atomic E-state index is 0.0917. The molecule has 1 atom stereocenters. The number of rotatable bonds is 12. The Kier molecular flexibility index (Phi) is 11.8. The van der Waals surface area contributed by atoms with Crippen molar-refractivity contribution in [2.75, 3.05) is 17.2 Å². The number of carbonyl (C=O) groups excluding carboxylic acids is 4. The van der Waals surface area contributed by atoms with Crippen LogP contribution >= 0.6 is 11.8 Å². The van der Waals surface area contributed by atoms with Crippen LogP contribution in [0.5, 0.6) is 0 Å². The number of carbonyl (C=O) groups is 4. The molecule has 0 radical (unpaired) electrons. The van der Waals surface area contributed by atoms with Gasteiger partial charge in [-0.05, 0) is 91.7 Å². The number of benzene rings is 5. The number of ether oxygens (including phenoxy) is 1. The fourth-order valence-corrected chi connectivity index (χ4v) is 5.86. The van der Waals surface area contributed by atoms with Crippen LogP contribution in [-0.4, -0.2) is 30.3 Å². The summed E-state index contributed by atoms with van der Waals surface area (Å²) in [4.78, 5) is 52.9. The Balaban J connectivity index is 1.30. The van der Waals surface area contributed by atoms with Gasteiger partial charge < -0.3 is 20.7 Å². The van der Waals surface area contributed by atoms with E-state index < -0.39 is 23.0 Å². The van der Waals surface area contributed by atoms with Crippen LogP contribution in [0.2, 0.25) is 0 Å². The Morgan fingerprint density at radius 1 is 0.714 bits per heavy atom. The molecule has 0 bridgehead atoms. The molecule has 1 unspecified atom stereocenters. The third kappa shape index (κ3) is 9.79. The largest absolute Gasteiger partial charge is 0.462 e. The fraction of sp³-hybridized carbons (Fsp3) is 0.100. The lowest BCUT2D eigenvalue weighted by atomic mass is 10.1. The lowest BCUT2D eigenvalue weighted by Crippen LogP contribution is -2.30. The molecular formula is C40H35N3O5S. The third-order valence-corrected chi connectivity index (χ3v) is 8.52. The third-order valence-electron chi connectivity index (χ3n) is 7.25. The number of anilines is 2. The predicted octanol–water partition coefficient (Wildman–Crippen LogP) is 8.05. The Bertz CT molecular complexity index is 1940. The summed E-state index contributed by atoms with van der Waals surface area (Å²) in [5, 5.41) is 8.00. The van der Waals surface area contributed by atoms with Crippen LogP contribution in [0.15, 0.2) is 144 Å². The van der Waals surface area contributed by atoms with Crippen LogP contribution in [0.3, 0.4) is 0 Å². The molecule has 9 heteroatoms. The van der Waals surface area contributed by atoms with Crippen LogP contribution in [0.4, 0.5) is 11.4 Å². The van der Waals surface area contributed by atoms with Gasteiger partial charge in [0, 0.05) is 21.8 Å². The first-order valence-corrected chi connectivity index (χ1v) is 16.5. The monoisotopic (exact) mass is 669 g/mol. The molecule has 5 aromatic rings. The molecule has 0 heterocycles. The highest BCUT2D eigenvalue weighted by Crippen LogP contribution is 2.37. The van der Waals surface area contributed by atoms with Crippen molar-refractivity contribution in [3.63, 3.8) is 0 Å². The molecule has 3 amide bonds. The summed E-state index contributed by atoms with van der Waals surface area (Å²) >= 11 is 1.36. The van der Waals surface area contributed by atoms with Gasteiger partial charge in [-0.1, -0.05) is 78.4 Å². The van der Waals surface area contributed by atoms with E-state index in [1.165, 1.54) is 11.8 Å². The number of hydrogen-bond acceptors (Lipinski definition) is 6. The van der Waals surface area contributed by atoms with Crippen molar-refractivity contribution in [2.45, 2.75) is 24.0 Å². The summed E-state index contributed by atoms with van der Waals surface area (Å²) in [6.45, 7) is 3.98. The van der Waals surface area contributed by atoms with Crippen molar-refractivity contribution in [1.82, 2.24) is 5.32 Å². The van der Waals surface area contributed by atoms with Crippen molar-refractivity contribution < 1.29 is 23.9 Å². The Labute approximate surface area is 289 Å². The maximum Gasteiger partial charge on any atom is 0.338 e. The normalized spacial score (nSPS) is 11.6. The minimum atomic E-state index is -0.594. The van der Waals surface area contributed by atoms with E-state index in [0.717, 1.165) is 21.6 Å². The van der Waals surface area contributed by atoms with Crippen LogP contribution < -0.4 is 16.0 Å². The van der Waals surface area contributed by atoms with E-state index in [0.29, 0.717) is 22.5 Å². The molecule has 0 fully saturated rings. The van der Waals surface area contributed by atoms with E-state index >= 15 is 0 Å². The predicted molar refractivity (Wildman–Crippen MR) is 194 cm³/mol. The van der Waals surface area contributed by atoms with Gasteiger partial charge in [0.2, 0.25) is 5.91 Å². The van der Waals surface area contributed by atoms with E-state index in [1.54, 1.807) is 73.7 Å². The number of aryl methyl sites for hydroxylation is 1. The second-order valence-electron chi connectivity index (χ2n) is 11.0. The summed E-state index contributed by atoms with van der Waals surface area (Å²) in [5.74, 6) is -1.55. The highest BCUT2D eigenvalue weighted by Gasteiger charge is 2.23. The average Bonchev–Trinajstić information content (AvgIpc) is 3.12. The second-order valence-corrected chi connectivity index (χ2v) is 12.1. The summed E-state index contributed by atoms with van der Waals surface area (Å²) in [5.41, 5.74) is 4.58. The lowest BCUT2D eigenvalue weighted by Gasteiger charge is -2.18. The van der Waals surface area contributed by atoms with E-state index in [1.807, 2.05) is 79.7 Å². The maximum atomic E-state index is 13.6. The van der Waals surface area contributed by atoms with E-state index in [2.05, 4.69) is 16.0 Å². The molecule has 0 spiro atoms. The van der Waals surface area contributed by atoms with Gasteiger partial charge in [-0.3, -0.25) is 14.4 Å². The van der Waals surface area contributed by atoms with E-state index in [-0.39, 0.29) is 18.2 Å². The molecule has 0 aromatic heterocycles. The van der Waals surface area contributed by atoms with E-state index in [4.69, 9.17) is 4.74 Å². The summed E-state index contributed by atoms with van der Waals surface area (Å²) < 4.78 is 5.04. The zero-order valence-corrected chi connectivity index (χ0v) is 27.8. The number of amides is 3. The molecule has 8 nitrogen and oxygen atoms in total. The molecule has 0 aliphatic heterocycles. The minimum Gasteiger partial charge on any atom is -0.462 e. The molecule has 0 saturated heterocycles. The smallest absolute Gasteiger partial charge is 0.338 e. The van der Waals surface area contributed by atoms with Gasteiger partial charge in [-0.2, -0.15) is 0 Å². The van der Waals surface area contributed by atoms with Crippen LogP contribution in [0.1, 0.15) is 49.6 Å². The zero-order valence-electron chi connectivity index (χ0n) is 27.0. The lowest BCUT2D eigenvalue weighted by molar-refractivity contribution is -0.116. The fourth-order valence-electron chi connectivity index (χ4n) is 4.83.